The molecule has 2 aromatic carbocycles. The zero-order valence-electron chi connectivity index (χ0n) is 17.3. The Hall–Kier alpha value is -3.78. The first-order valence-electron chi connectivity index (χ1n) is 10.0. The molecule has 8 heteroatoms. The summed E-state index contributed by atoms with van der Waals surface area (Å²) in [4.78, 5) is 34.0. The molecule has 0 spiro atoms. The van der Waals surface area contributed by atoms with Gasteiger partial charge in [-0.3, -0.25) is 9.78 Å². The maximum atomic E-state index is 13.8. The zero-order valence-corrected chi connectivity index (χ0v) is 18.1. The SMILES string of the molecule is CC(C)Oc1cc(F)ccc1-c1cc2[nH]c(=O)n(-c3cncc4ccccc34)c(=O)c2s1. The van der Waals surface area contributed by atoms with E-state index < -0.39 is 17.1 Å². The largest absolute Gasteiger partial charge is 0.490 e. The Labute approximate surface area is 185 Å². The molecule has 1 N–H and O–H groups in total. The van der Waals surface area contributed by atoms with Gasteiger partial charge in [-0.15, -0.1) is 11.3 Å². The molecule has 0 saturated carbocycles. The van der Waals surface area contributed by atoms with Crippen LogP contribution in [0.3, 0.4) is 0 Å². The number of fused-ring (bicyclic) bond motifs is 2. The number of thiophene rings is 1. The molecule has 0 bridgehead atoms. The normalized spacial score (nSPS) is 11.5. The van der Waals surface area contributed by atoms with E-state index >= 15 is 0 Å². The molecule has 0 aliphatic carbocycles. The molecular formula is C24H18FN3O3S. The smallest absolute Gasteiger partial charge is 0.333 e. The Bertz CT molecular complexity index is 1600. The van der Waals surface area contributed by atoms with Crippen molar-refractivity contribution in [3.63, 3.8) is 0 Å². The minimum Gasteiger partial charge on any atom is -0.490 e. The van der Waals surface area contributed by atoms with Crippen molar-refractivity contribution < 1.29 is 9.13 Å². The first-order valence-corrected chi connectivity index (χ1v) is 10.8. The highest BCUT2D eigenvalue weighted by atomic mass is 32.1. The number of hydrogen-bond acceptors (Lipinski definition) is 5. The van der Waals surface area contributed by atoms with Crippen LogP contribution < -0.4 is 16.0 Å². The van der Waals surface area contributed by atoms with Crippen molar-refractivity contribution in [1.82, 2.24) is 14.5 Å². The van der Waals surface area contributed by atoms with Gasteiger partial charge in [0, 0.05) is 33.5 Å². The van der Waals surface area contributed by atoms with Crippen LogP contribution in [0.25, 0.3) is 37.1 Å². The van der Waals surface area contributed by atoms with Gasteiger partial charge in [0.2, 0.25) is 0 Å². The Morgan fingerprint density at radius 3 is 2.72 bits per heavy atom. The van der Waals surface area contributed by atoms with Crippen molar-refractivity contribution in [2.24, 2.45) is 0 Å². The number of nitrogens with one attached hydrogen (secondary N) is 1. The van der Waals surface area contributed by atoms with Crippen molar-refractivity contribution in [2.45, 2.75) is 20.0 Å². The fourth-order valence-corrected chi connectivity index (χ4v) is 4.76. The Morgan fingerprint density at radius 2 is 1.91 bits per heavy atom. The molecule has 3 heterocycles. The quantitative estimate of drug-likeness (QED) is 0.426. The van der Waals surface area contributed by atoms with E-state index in [0.29, 0.717) is 32.1 Å². The van der Waals surface area contributed by atoms with Crippen LogP contribution in [0.1, 0.15) is 13.8 Å². The Kier molecular flexibility index (Phi) is 4.86. The molecular weight excluding hydrogens is 429 g/mol. The van der Waals surface area contributed by atoms with Gasteiger partial charge in [-0.2, -0.15) is 0 Å². The topological polar surface area (TPSA) is 77.0 Å². The number of hydrogen-bond donors (Lipinski definition) is 1. The molecule has 5 aromatic rings. The maximum Gasteiger partial charge on any atom is 0.333 e. The van der Waals surface area contributed by atoms with Gasteiger partial charge in [0.05, 0.1) is 23.5 Å². The molecule has 3 aromatic heterocycles. The first-order chi connectivity index (χ1) is 15.4. The van der Waals surface area contributed by atoms with E-state index in [1.807, 2.05) is 38.1 Å². The van der Waals surface area contributed by atoms with Gasteiger partial charge in [0.15, 0.2) is 0 Å². The third-order valence-electron chi connectivity index (χ3n) is 5.03. The minimum absolute atomic E-state index is 0.152. The predicted octanol–water partition coefficient (Wildman–Crippen LogP) is 4.88. The molecule has 5 rings (SSSR count). The van der Waals surface area contributed by atoms with Gasteiger partial charge in [-0.25, -0.2) is 13.8 Å². The number of aromatic amines is 1. The van der Waals surface area contributed by atoms with Gasteiger partial charge in [-0.1, -0.05) is 24.3 Å². The predicted molar refractivity (Wildman–Crippen MR) is 125 cm³/mol. The van der Waals surface area contributed by atoms with Crippen LogP contribution in [0.15, 0.2) is 70.5 Å². The number of aromatic nitrogens is 3. The fourth-order valence-electron chi connectivity index (χ4n) is 3.69. The lowest BCUT2D eigenvalue weighted by atomic mass is 10.1. The number of ether oxygens (including phenoxy) is 1. The summed E-state index contributed by atoms with van der Waals surface area (Å²) in [7, 11) is 0. The Balaban J connectivity index is 1.74. The molecule has 6 nitrogen and oxygen atoms in total. The van der Waals surface area contributed by atoms with Gasteiger partial charge in [0.25, 0.3) is 5.56 Å². The highest BCUT2D eigenvalue weighted by Crippen LogP contribution is 2.37. The monoisotopic (exact) mass is 447 g/mol. The van der Waals surface area contributed by atoms with Crippen molar-refractivity contribution in [3.05, 3.63) is 87.6 Å². The van der Waals surface area contributed by atoms with E-state index in [-0.39, 0.29) is 6.10 Å². The van der Waals surface area contributed by atoms with Crippen molar-refractivity contribution in [2.75, 3.05) is 0 Å². The van der Waals surface area contributed by atoms with E-state index in [0.717, 1.165) is 15.3 Å². The van der Waals surface area contributed by atoms with Gasteiger partial charge < -0.3 is 9.72 Å². The van der Waals surface area contributed by atoms with Gasteiger partial charge in [0.1, 0.15) is 16.3 Å². The molecule has 0 aliphatic heterocycles. The fraction of sp³-hybridized carbons (Fsp3) is 0.125. The minimum atomic E-state index is -0.553. The summed E-state index contributed by atoms with van der Waals surface area (Å²) in [5.41, 5.74) is 0.496. The Morgan fingerprint density at radius 1 is 1.09 bits per heavy atom. The molecule has 0 radical (unpaired) electrons. The van der Waals surface area contributed by atoms with Crippen LogP contribution >= 0.6 is 11.3 Å². The van der Waals surface area contributed by atoms with Crippen molar-refractivity contribution in [3.8, 4) is 21.9 Å². The second kappa shape index (κ2) is 7.72. The van der Waals surface area contributed by atoms with E-state index in [9.17, 15) is 14.0 Å². The molecule has 0 amide bonds. The lowest BCUT2D eigenvalue weighted by Gasteiger charge is -2.13. The summed E-state index contributed by atoms with van der Waals surface area (Å²) in [6, 6.07) is 13.4. The molecule has 160 valence electrons. The summed E-state index contributed by atoms with van der Waals surface area (Å²) in [5, 5.41) is 1.57. The molecule has 0 aliphatic rings. The van der Waals surface area contributed by atoms with E-state index in [1.165, 1.54) is 29.7 Å². The second-order valence-electron chi connectivity index (χ2n) is 7.61. The number of nitrogens with zero attached hydrogens (tertiary/aromatic N) is 2. The van der Waals surface area contributed by atoms with Crippen LogP contribution in [-0.4, -0.2) is 20.6 Å². The lowest BCUT2D eigenvalue weighted by Crippen LogP contribution is -2.33. The number of halogens is 1. The van der Waals surface area contributed by atoms with Crippen LogP contribution in [0.2, 0.25) is 0 Å². The number of benzene rings is 2. The number of rotatable bonds is 4. The maximum absolute atomic E-state index is 13.8. The third-order valence-corrected chi connectivity index (χ3v) is 6.19. The summed E-state index contributed by atoms with van der Waals surface area (Å²) in [6.07, 6.45) is 3.04. The van der Waals surface area contributed by atoms with Crippen molar-refractivity contribution >= 4 is 32.3 Å². The average molecular weight is 447 g/mol. The van der Waals surface area contributed by atoms with Crippen LogP contribution in [0, 0.1) is 5.82 Å². The lowest BCUT2D eigenvalue weighted by molar-refractivity contribution is 0.242. The summed E-state index contributed by atoms with van der Waals surface area (Å²) >= 11 is 1.22. The molecule has 0 saturated heterocycles. The van der Waals surface area contributed by atoms with E-state index in [2.05, 4.69) is 9.97 Å². The molecule has 0 unspecified atom stereocenters. The average Bonchev–Trinajstić information content (AvgIpc) is 3.17. The van der Waals surface area contributed by atoms with Gasteiger partial charge in [-0.05, 0) is 32.0 Å². The van der Waals surface area contributed by atoms with Crippen LogP contribution in [-0.2, 0) is 0 Å². The first kappa shape index (κ1) is 20.1. The molecule has 0 atom stereocenters. The summed E-state index contributed by atoms with van der Waals surface area (Å²) in [6.45, 7) is 3.71. The zero-order chi connectivity index (χ0) is 22.4. The summed E-state index contributed by atoms with van der Waals surface area (Å²) in [5.74, 6) is -0.0304. The third kappa shape index (κ3) is 3.38. The highest BCUT2D eigenvalue weighted by Gasteiger charge is 2.18. The van der Waals surface area contributed by atoms with Gasteiger partial charge >= 0.3 is 5.69 Å². The number of pyridine rings is 1. The van der Waals surface area contributed by atoms with E-state index in [1.54, 1.807) is 18.3 Å². The standard InChI is InChI=1S/C24H18FN3O3S/c1-13(2)31-20-9-15(25)7-8-17(20)21-10-18-22(32-21)23(29)28(24(30)27-18)19-12-26-11-14-5-3-4-6-16(14)19/h3-13H,1-2H3,(H,27,30). The highest BCUT2D eigenvalue weighted by molar-refractivity contribution is 7.22. The summed E-state index contributed by atoms with van der Waals surface area (Å²) < 4.78 is 21.1. The number of H-pyrrole nitrogens is 1. The van der Waals surface area contributed by atoms with E-state index in [4.69, 9.17) is 4.74 Å². The second-order valence-corrected chi connectivity index (χ2v) is 8.66. The van der Waals surface area contributed by atoms with Crippen molar-refractivity contribution in [1.29, 1.82) is 0 Å². The molecule has 32 heavy (non-hydrogen) atoms. The van der Waals surface area contributed by atoms with Crippen LogP contribution in [0.4, 0.5) is 4.39 Å². The molecule has 0 fully saturated rings. The van der Waals surface area contributed by atoms with Crippen LogP contribution in [0.5, 0.6) is 5.75 Å².